The lowest BCUT2D eigenvalue weighted by molar-refractivity contribution is -0.219. The molecule has 0 fully saturated rings. The van der Waals surface area contributed by atoms with Crippen LogP contribution in [0.25, 0.3) is 0 Å². The molecule has 5 heterocycles. The summed E-state index contributed by atoms with van der Waals surface area (Å²) in [6.07, 6.45) is -12.8. The summed E-state index contributed by atoms with van der Waals surface area (Å²) in [6.45, 7) is 0. The SMILES string of the molecule is Oc1cc(O)c2c(c1)O[C@H](c1ccc(O)c(O)c1)[C@H](O)[C@H]2c1c(O)cc(O)c2c1O[C@@]1(c3ccc(O)c(O)c3)Oc3cc(O)c4c(c3[C@@H]2C1O)O[C@H](c1ccc(O)c(O)c1)[C@H](O)[C@H]4c1c(O)cc(O)c2c1O[C@H](c1ccc(O)c(O)c1)[C@H](O)C2. The van der Waals surface area contributed by atoms with Crippen LogP contribution in [0.15, 0.2) is 103 Å². The molecule has 0 amide bonds. The summed E-state index contributed by atoms with van der Waals surface area (Å²) in [7, 11) is 0. The Labute approximate surface area is 471 Å². The van der Waals surface area contributed by atoms with Crippen molar-refractivity contribution in [2.24, 2.45) is 0 Å². The number of phenolic OH excluding ortho intramolecular Hbond substituents is 15. The molecule has 0 saturated carbocycles. The summed E-state index contributed by atoms with van der Waals surface area (Å²) < 4.78 is 32.9. The highest BCUT2D eigenvalue weighted by molar-refractivity contribution is 5.74. The first-order valence-electron chi connectivity index (χ1n) is 25.8. The molecule has 5 aliphatic heterocycles. The molecule has 0 spiro atoms. The van der Waals surface area contributed by atoms with Crippen molar-refractivity contribution in [3.8, 4) is 115 Å². The minimum atomic E-state index is -2.72. The predicted molar refractivity (Wildman–Crippen MR) is 283 cm³/mol. The molecular formula is C60H48O24. The van der Waals surface area contributed by atoms with Gasteiger partial charge in [0, 0.05) is 81.3 Å². The zero-order chi connectivity index (χ0) is 59.4. The number of rotatable bonds is 6. The number of phenols is 15. The van der Waals surface area contributed by atoms with Gasteiger partial charge in [0.25, 0.3) is 0 Å². The van der Waals surface area contributed by atoms with Crippen LogP contribution in [0.5, 0.6) is 115 Å². The fourth-order valence-corrected chi connectivity index (χ4v) is 12.5. The van der Waals surface area contributed by atoms with Crippen molar-refractivity contribution in [2.75, 3.05) is 0 Å². The molecule has 24 heteroatoms. The average molecular weight is 1150 g/mol. The minimum absolute atomic E-state index is 0.0134. The highest BCUT2D eigenvalue weighted by Gasteiger charge is 2.62. The smallest absolute Gasteiger partial charge is 0.305 e. The zero-order valence-corrected chi connectivity index (χ0v) is 42.8. The molecule has 1 unspecified atom stereocenters. The second-order valence-electron chi connectivity index (χ2n) is 21.2. The van der Waals surface area contributed by atoms with E-state index >= 15 is 0 Å². The fourth-order valence-electron chi connectivity index (χ4n) is 12.5. The van der Waals surface area contributed by atoms with Crippen LogP contribution < -0.4 is 23.7 Å². The van der Waals surface area contributed by atoms with Gasteiger partial charge in [-0.05, 0) is 71.3 Å². The molecule has 0 saturated heterocycles. The van der Waals surface area contributed by atoms with Crippen LogP contribution in [0.3, 0.4) is 0 Å². The average Bonchev–Trinajstić information content (AvgIpc) is 0.890. The Morgan fingerprint density at radius 3 is 1.36 bits per heavy atom. The van der Waals surface area contributed by atoms with Gasteiger partial charge in [0.05, 0.1) is 23.9 Å². The number of aromatic hydroxyl groups is 15. The van der Waals surface area contributed by atoms with Crippen molar-refractivity contribution in [1.82, 2.24) is 0 Å². The highest BCUT2D eigenvalue weighted by atomic mass is 16.7. The van der Waals surface area contributed by atoms with Crippen molar-refractivity contribution < 1.29 is 121 Å². The lowest BCUT2D eigenvalue weighted by Crippen LogP contribution is -2.58. The van der Waals surface area contributed by atoms with E-state index < -0.39 is 193 Å². The van der Waals surface area contributed by atoms with Gasteiger partial charge < -0.3 is 121 Å². The maximum atomic E-state index is 13.2. The number of fused-ring (bicyclic) bond motifs is 10. The maximum Gasteiger partial charge on any atom is 0.305 e. The Morgan fingerprint density at radius 1 is 0.333 bits per heavy atom. The molecule has 432 valence electrons. The van der Waals surface area contributed by atoms with Gasteiger partial charge in [0.1, 0.15) is 93.4 Å². The predicted octanol–water partition coefficient (Wildman–Crippen LogP) is 5.69. The summed E-state index contributed by atoms with van der Waals surface area (Å²) in [5.74, 6) is -20.4. The summed E-state index contributed by atoms with van der Waals surface area (Å²) in [5, 5.41) is 218. The first kappa shape index (κ1) is 52.9. The highest BCUT2D eigenvalue weighted by Crippen LogP contribution is 2.68. The number of hydrogen-bond acceptors (Lipinski definition) is 24. The molecule has 13 rings (SSSR count). The first-order chi connectivity index (χ1) is 40.0. The molecule has 11 atom stereocenters. The van der Waals surface area contributed by atoms with Crippen molar-refractivity contribution in [3.05, 3.63) is 164 Å². The van der Waals surface area contributed by atoms with E-state index in [1.165, 1.54) is 24.3 Å². The molecule has 84 heavy (non-hydrogen) atoms. The van der Waals surface area contributed by atoms with E-state index in [1.54, 1.807) is 0 Å². The number of aliphatic hydroxyl groups excluding tert-OH is 4. The second-order valence-corrected chi connectivity index (χ2v) is 21.2. The van der Waals surface area contributed by atoms with Gasteiger partial charge in [-0.1, -0.05) is 18.2 Å². The maximum absolute atomic E-state index is 13.2. The van der Waals surface area contributed by atoms with Crippen molar-refractivity contribution in [1.29, 1.82) is 0 Å². The van der Waals surface area contributed by atoms with Gasteiger partial charge in [-0.15, -0.1) is 0 Å². The van der Waals surface area contributed by atoms with E-state index in [0.29, 0.717) is 0 Å². The van der Waals surface area contributed by atoms with Crippen LogP contribution in [0.2, 0.25) is 0 Å². The molecule has 2 bridgehead atoms. The monoisotopic (exact) mass is 1150 g/mol. The van der Waals surface area contributed by atoms with Gasteiger partial charge in [0.15, 0.2) is 58.2 Å². The van der Waals surface area contributed by atoms with Crippen LogP contribution in [0.4, 0.5) is 0 Å². The first-order valence-corrected chi connectivity index (χ1v) is 25.8. The molecule has 0 aromatic heterocycles. The lowest BCUT2D eigenvalue weighted by atomic mass is 9.70. The molecule has 0 aliphatic carbocycles. The van der Waals surface area contributed by atoms with E-state index in [1.807, 2.05) is 0 Å². The molecular weight excluding hydrogens is 1100 g/mol. The van der Waals surface area contributed by atoms with Gasteiger partial charge in [0.2, 0.25) is 0 Å². The minimum Gasteiger partial charge on any atom is -0.508 e. The Kier molecular flexibility index (Phi) is 11.7. The number of ether oxygens (including phenoxy) is 5. The van der Waals surface area contributed by atoms with Crippen LogP contribution in [-0.2, 0) is 12.2 Å². The summed E-state index contributed by atoms with van der Waals surface area (Å²) in [6, 6.07) is 18.2. The molecule has 5 aliphatic rings. The standard InChI is InChI=1S/C60H48O24/c61-23-13-34(71)42-40(14-23)80-54(20-2-6-26(63)31(68)10-20)51(77)48(42)45-36(73)17-37(74)46-50-47-41(83-60(59(50)79,84-58(45)46)22-4-8-28(65)33(70)12-22)18-38(75)44-49(52(78)55(82-57(44)47)21-3-7-27(64)32(69)11-21)43-35(72)16-29(66)24-15-39(76)53(81-56(24)43)19-1-5-25(62)30(67)9-19/h1-14,16-18,39,48-55,59,61-79H,15H2/t39-,48-,49+,50-,51-,52-,53-,54-,55-,59?,60-/m1/s1. The van der Waals surface area contributed by atoms with Crippen LogP contribution in [0, 0.1) is 0 Å². The number of hydrogen-bond donors (Lipinski definition) is 19. The van der Waals surface area contributed by atoms with Gasteiger partial charge in [-0.25, -0.2) is 0 Å². The van der Waals surface area contributed by atoms with Crippen LogP contribution in [0.1, 0.15) is 97.3 Å². The summed E-state index contributed by atoms with van der Waals surface area (Å²) in [5.41, 5.74) is -2.64. The quantitative estimate of drug-likeness (QED) is 0.0889. The molecule has 0 radical (unpaired) electrons. The lowest BCUT2D eigenvalue weighted by Gasteiger charge is -2.52. The van der Waals surface area contributed by atoms with Crippen LogP contribution in [-0.4, -0.2) is 121 Å². The molecule has 19 N–H and O–H groups in total. The van der Waals surface area contributed by atoms with Crippen molar-refractivity contribution >= 4 is 0 Å². The largest absolute Gasteiger partial charge is 0.508 e. The Hall–Kier alpha value is -10.4. The molecule has 8 aromatic rings. The van der Waals surface area contributed by atoms with E-state index in [0.717, 1.165) is 78.9 Å². The second kappa shape index (κ2) is 18.6. The van der Waals surface area contributed by atoms with Crippen molar-refractivity contribution in [3.63, 3.8) is 0 Å². The molecule has 24 nitrogen and oxygen atoms in total. The van der Waals surface area contributed by atoms with E-state index in [4.69, 9.17) is 23.7 Å². The normalized spacial score (nSPS) is 25.1. The summed E-state index contributed by atoms with van der Waals surface area (Å²) >= 11 is 0. The topological polar surface area (TPSA) is 431 Å². The van der Waals surface area contributed by atoms with Gasteiger partial charge in [-0.2, -0.15) is 0 Å². The third-order valence-electron chi connectivity index (χ3n) is 16.4. The van der Waals surface area contributed by atoms with Gasteiger partial charge in [-0.3, -0.25) is 0 Å². The molecule has 8 aromatic carbocycles. The van der Waals surface area contributed by atoms with Crippen LogP contribution >= 0.6 is 0 Å². The zero-order valence-electron chi connectivity index (χ0n) is 42.8. The third-order valence-corrected chi connectivity index (χ3v) is 16.4. The number of aliphatic hydroxyl groups is 4. The van der Waals surface area contributed by atoms with E-state index in [-0.39, 0.29) is 56.0 Å². The Bertz CT molecular complexity index is 4110. The Morgan fingerprint density at radius 2 is 0.786 bits per heavy atom. The summed E-state index contributed by atoms with van der Waals surface area (Å²) in [4.78, 5) is 0. The van der Waals surface area contributed by atoms with Crippen molar-refractivity contribution in [2.45, 2.75) is 72.7 Å². The fraction of sp³-hybridized carbons (Fsp3) is 0.200. The van der Waals surface area contributed by atoms with E-state index in [2.05, 4.69) is 0 Å². The van der Waals surface area contributed by atoms with E-state index in [9.17, 15) is 97.0 Å². The van der Waals surface area contributed by atoms with Gasteiger partial charge >= 0.3 is 5.79 Å². The third kappa shape index (κ3) is 7.68. The Balaban J connectivity index is 1.09. The number of benzene rings is 8.